The molecule has 1 nitrogen and oxygen atoms in total. The molecular weight excluding hydrogens is 270 g/mol. The molecule has 1 aliphatic rings. The molecule has 4 heteroatoms. The van der Waals surface area contributed by atoms with Crippen molar-refractivity contribution in [2.24, 2.45) is 0 Å². The van der Waals surface area contributed by atoms with Crippen molar-refractivity contribution in [1.29, 1.82) is 0 Å². The van der Waals surface area contributed by atoms with Crippen molar-refractivity contribution in [3.63, 3.8) is 0 Å². The molecule has 1 saturated heterocycles. The third-order valence-corrected chi connectivity index (χ3v) is 5.64. The molecule has 1 aromatic carbocycles. The van der Waals surface area contributed by atoms with Gasteiger partial charge in [0.25, 0.3) is 0 Å². The second kappa shape index (κ2) is 6.93. The number of hydrogen-bond acceptors (Lipinski definition) is 3. The topological polar surface area (TPSA) is 12.0 Å². The number of halogens is 1. The minimum absolute atomic E-state index is 0.400. The average Bonchev–Trinajstić information content (AvgIpc) is 2.58. The quantitative estimate of drug-likeness (QED) is 0.907. The molecule has 1 heterocycles. The molecule has 0 aromatic heterocycles. The second-order valence-corrected chi connectivity index (χ2v) is 7.02. The summed E-state index contributed by atoms with van der Waals surface area (Å²) in [6, 6.07) is 9.17. The van der Waals surface area contributed by atoms with Gasteiger partial charge in [-0.15, -0.1) is 0 Å². The van der Waals surface area contributed by atoms with Crippen molar-refractivity contribution in [2.75, 3.05) is 23.0 Å². The summed E-state index contributed by atoms with van der Waals surface area (Å²) >= 11 is 10.0. The van der Waals surface area contributed by atoms with Crippen molar-refractivity contribution in [3.8, 4) is 0 Å². The van der Waals surface area contributed by atoms with Gasteiger partial charge in [-0.3, -0.25) is 0 Å². The van der Waals surface area contributed by atoms with E-state index in [1.165, 1.54) is 28.6 Å². The Hall–Kier alpha value is 0.170. The Bertz CT molecular complexity index is 334. The summed E-state index contributed by atoms with van der Waals surface area (Å²) in [6.07, 6.45) is 0. The van der Waals surface area contributed by atoms with E-state index in [-0.39, 0.29) is 0 Å². The molecule has 0 amide bonds. The molecule has 1 N–H and O–H groups in total. The first-order valence-corrected chi connectivity index (χ1v) is 8.61. The number of nitrogens with one attached hydrogen (secondary N) is 1. The van der Waals surface area contributed by atoms with E-state index in [2.05, 4.69) is 47.9 Å². The first kappa shape index (κ1) is 13.6. The maximum atomic E-state index is 5.90. The zero-order valence-corrected chi connectivity index (χ0v) is 12.4. The Labute approximate surface area is 117 Å². The third kappa shape index (κ3) is 4.40. The number of thioether (sulfide) groups is 2. The highest BCUT2D eigenvalue weighted by molar-refractivity contribution is 8.03. The Morgan fingerprint density at radius 2 is 1.76 bits per heavy atom. The van der Waals surface area contributed by atoms with Crippen LogP contribution in [0, 0.1) is 0 Å². The van der Waals surface area contributed by atoms with Crippen LogP contribution >= 0.6 is 35.1 Å². The van der Waals surface area contributed by atoms with Gasteiger partial charge in [-0.1, -0.05) is 23.7 Å². The van der Waals surface area contributed by atoms with Crippen molar-refractivity contribution in [3.05, 3.63) is 34.9 Å². The van der Waals surface area contributed by atoms with Crippen LogP contribution in [0.25, 0.3) is 0 Å². The fourth-order valence-corrected chi connectivity index (χ4v) is 4.46. The Balaban J connectivity index is 1.91. The number of rotatable bonds is 3. The van der Waals surface area contributed by atoms with Gasteiger partial charge in [-0.05, 0) is 24.6 Å². The van der Waals surface area contributed by atoms with Crippen LogP contribution in [0.5, 0.6) is 0 Å². The van der Waals surface area contributed by atoms with Crippen LogP contribution in [-0.2, 0) is 0 Å². The first-order chi connectivity index (χ1) is 8.25. The van der Waals surface area contributed by atoms with E-state index >= 15 is 0 Å². The van der Waals surface area contributed by atoms with Gasteiger partial charge in [-0.2, -0.15) is 23.5 Å². The van der Waals surface area contributed by atoms with Crippen LogP contribution < -0.4 is 5.32 Å². The second-order valence-electron chi connectivity index (χ2n) is 4.29. The number of hydrogen-bond donors (Lipinski definition) is 1. The molecule has 17 heavy (non-hydrogen) atoms. The van der Waals surface area contributed by atoms with Gasteiger partial charge in [-0.25, -0.2) is 0 Å². The van der Waals surface area contributed by atoms with Gasteiger partial charge < -0.3 is 5.32 Å². The van der Waals surface area contributed by atoms with E-state index in [4.69, 9.17) is 11.6 Å². The van der Waals surface area contributed by atoms with E-state index < -0.39 is 0 Å². The van der Waals surface area contributed by atoms with Gasteiger partial charge >= 0.3 is 0 Å². The van der Waals surface area contributed by atoms with Gasteiger partial charge in [0.1, 0.15) is 0 Å². The highest BCUT2D eigenvalue weighted by atomic mass is 35.5. The lowest BCUT2D eigenvalue weighted by atomic mass is 10.1. The van der Waals surface area contributed by atoms with Crippen LogP contribution in [0.1, 0.15) is 18.5 Å². The predicted molar refractivity (Wildman–Crippen MR) is 81.4 cm³/mol. The summed E-state index contributed by atoms with van der Waals surface area (Å²) in [7, 11) is 0. The molecule has 0 spiro atoms. The highest BCUT2D eigenvalue weighted by Crippen LogP contribution is 2.21. The van der Waals surface area contributed by atoms with Crippen molar-refractivity contribution >= 4 is 35.1 Å². The van der Waals surface area contributed by atoms with Crippen LogP contribution in [0.2, 0.25) is 5.02 Å². The molecule has 0 saturated carbocycles. The molecule has 1 atom stereocenters. The minimum Gasteiger partial charge on any atom is -0.306 e. The largest absolute Gasteiger partial charge is 0.306 e. The van der Waals surface area contributed by atoms with Crippen molar-refractivity contribution in [2.45, 2.75) is 19.0 Å². The Morgan fingerprint density at radius 3 is 2.35 bits per heavy atom. The predicted octanol–water partition coefficient (Wildman–Crippen LogP) is 3.84. The van der Waals surface area contributed by atoms with Gasteiger partial charge in [0.2, 0.25) is 0 Å². The molecular formula is C13H18ClNS2. The lowest BCUT2D eigenvalue weighted by Gasteiger charge is -2.21. The summed E-state index contributed by atoms with van der Waals surface area (Å²) in [5.74, 6) is 5.03. The van der Waals surface area contributed by atoms with E-state index in [0.717, 1.165) is 5.02 Å². The van der Waals surface area contributed by atoms with Gasteiger partial charge in [0.15, 0.2) is 0 Å². The van der Waals surface area contributed by atoms with Crippen LogP contribution in [0.4, 0.5) is 0 Å². The van der Waals surface area contributed by atoms with Gasteiger partial charge in [0.05, 0.1) is 0 Å². The Kier molecular flexibility index (Phi) is 5.54. The fourth-order valence-electron chi connectivity index (χ4n) is 1.91. The molecule has 1 aromatic rings. The molecule has 0 radical (unpaired) electrons. The molecule has 1 fully saturated rings. The zero-order valence-electron chi connectivity index (χ0n) is 9.99. The summed E-state index contributed by atoms with van der Waals surface area (Å²) in [4.78, 5) is 0. The maximum Gasteiger partial charge on any atom is 0.0406 e. The van der Waals surface area contributed by atoms with E-state index in [0.29, 0.717) is 12.1 Å². The summed E-state index contributed by atoms with van der Waals surface area (Å²) in [5.41, 5.74) is 1.31. The summed E-state index contributed by atoms with van der Waals surface area (Å²) in [6.45, 7) is 2.23. The number of benzene rings is 1. The minimum atomic E-state index is 0.400. The molecule has 1 unspecified atom stereocenters. The average molecular weight is 288 g/mol. The van der Waals surface area contributed by atoms with Crippen LogP contribution in [0.15, 0.2) is 24.3 Å². The molecule has 0 aliphatic carbocycles. The first-order valence-electron chi connectivity index (χ1n) is 5.92. The Morgan fingerprint density at radius 1 is 1.18 bits per heavy atom. The SMILES string of the molecule is CC(NC1CSCCSC1)c1ccc(Cl)cc1. The normalized spacial score (nSPS) is 19.9. The summed E-state index contributed by atoms with van der Waals surface area (Å²) < 4.78 is 0. The highest BCUT2D eigenvalue weighted by Gasteiger charge is 2.15. The third-order valence-electron chi connectivity index (χ3n) is 2.87. The summed E-state index contributed by atoms with van der Waals surface area (Å²) in [5, 5.41) is 4.52. The molecule has 2 rings (SSSR count). The maximum absolute atomic E-state index is 5.90. The van der Waals surface area contributed by atoms with E-state index in [1.54, 1.807) is 0 Å². The molecule has 0 bridgehead atoms. The standard InChI is InChI=1S/C13H18ClNS2/c1-10(11-2-4-12(14)5-3-11)15-13-8-16-6-7-17-9-13/h2-5,10,13,15H,6-9H2,1H3. The lowest BCUT2D eigenvalue weighted by molar-refractivity contribution is 0.517. The van der Waals surface area contributed by atoms with Gasteiger partial charge in [0, 0.05) is 40.1 Å². The van der Waals surface area contributed by atoms with Crippen LogP contribution in [-0.4, -0.2) is 29.1 Å². The van der Waals surface area contributed by atoms with Crippen LogP contribution in [0.3, 0.4) is 0 Å². The van der Waals surface area contributed by atoms with E-state index in [1.807, 2.05) is 12.1 Å². The fraction of sp³-hybridized carbons (Fsp3) is 0.538. The molecule has 1 aliphatic heterocycles. The smallest absolute Gasteiger partial charge is 0.0406 e. The molecule has 94 valence electrons. The lowest BCUT2D eigenvalue weighted by Crippen LogP contribution is -2.35. The van der Waals surface area contributed by atoms with E-state index in [9.17, 15) is 0 Å². The van der Waals surface area contributed by atoms with Crippen molar-refractivity contribution in [1.82, 2.24) is 5.32 Å². The zero-order chi connectivity index (χ0) is 12.1. The van der Waals surface area contributed by atoms with Crippen molar-refractivity contribution < 1.29 is 0 Å². The monoisotopic (exact) mass is 287 g/mol.